The SMILES string of the molecule is CCNC(=NCc1ccc(C)cc1OC)NCc1nnc2ccccn12. The smallest absolute Gasteiger partial charge is 0.191 e. The first-order valence-electron chi connectivity index (χ1n) is 8.65. The van der Waals surface area contributed by atoms with Crippen molar-refractivity contribution in [2.24, 2.45) is 4.99 Å². The van der Waals surface area contributed by atoms with E-state index in [1.165, 1.54) is 5.56 Å². The summed E-state index contributed by atoms with van der Waals surface area (Å²) in [6.07, 6.45) is 1.95. The van der Waals surface area contributed by atoms with Gasteiger partial charge in [0.2, 0.25) is 0 Å². The highest BCUT2D eigenvalue weighted by Gasteiger charge is 2.07. The lowest BCUT2D eigenvalue weighted by molar-refractivity contribution is 0.409. The maximum Gasteiger partial charge on any atom is 0.191 e. The number of aromatic nitrogens is 3. The quantitative estimate of drug-likeness (QED) is 0.526. The fourth-order valence-electron chi connectivity index (χ4n) is 2.66. The van der Waals surface area contributed by atoms with E-state index in [-0.39, 0.29) is 0 Å². The fraction of sp³-hybridized carbons (Fsp3) is 0.316. The molecule has 2 aromatic heterocycles. The molecule has 0 radical (unpaired) electrons. The van der Waals surface area contributed by atoms with Gasteiger partial charge in [-0.1, -0.05) is 18.2 Å². The van der Waals surface area contributed by atoms with Gasteiger partial charge in [0, 0.05) is 18.3 Å². The molecule has 0 spiro atoms. The molecule has 0 amide bonds. The molecule has 0 saturated carbocycles. The molecule has 0 bridgehead atoms. The second kappa shape index (κ2) is 8.33. The minimum Gasteiger partial charge on any atom is -0.496 e. The zero-order valence-electron chi connectivity index (χ0n) is 15.4. The predicted molar refractivity (Wildman–Crippen MR) is 102 cm³/mol. The largest absolute Gasteiger partial charge is 0.496 e. The Morgan fingerprint density at radius 1 is 1.19 bits per heavy atom. The molecular formula is C19H24N6O. The molecule has 0 fully saturated rings. The molecule has 0 aliphatic heterocycles. The molecule has 2 heterocycles. The Morgan fingerprint density at radius 3 is 2.88 bits per heavy atom. The third-order valence-electron chi connectivity index (χ3n) is 3.99. The lowest BCUT2D eigenvalue weighted by atomic mass is 10.1. The molecule has 0 unspecified atom stereocenters. The van der Waals surface area contributed by atoms with Crippen LogP contribution in [0.25, 0.3) is 5.65 Å². The number of hydrogen-bond acceptors (Lipinski definition) is 4. The zero-order chi connectivity index (χ0) is 18.4. The number of ether oxygens (including phenoxy) is 1. The number of fused-ring (bicyclic) bond motifs is 1. The Labute approximate surface area is 153 Å². The van der Waals surface area contributed by atoms with Crippen LogP contribution in [0.3, 0.4) is 0 Å². The van der Waals surface area contributed by atoms with Crippen molar-refractivity contribution in [2.75, 3.05) is 13.7 Å². The van der Waals surface area contributed by atoms with Crippen LogP contribution in [-0.4, -0.2) is 34.2 Å². The van der Waals surface area contributed by atoms with E-state index in [9.17, 15) is 0 Å². The number of pyridine rings is 1. The van der Waals surface area contributed by atoms with Gasteiger partial charge in [-0.15, -0.1) is 10.2 Å². The number of aryl methyl sites for hydroxylation is 1. The van der Waals surface area contributed by atoms with E-state index in [2.05, 4.69) is 31.9 Å². The predicted octanol–water partition coefficient (Wildman–Crippen LogP) is 2.30. The van der Waals surface area contributed by atoms with Crippen LogP contribution < -0.4 is 15.4 Å². The van der Waals surface area contributed by atoms with E-state index in [1.54, 1.807) is 7.11 Å². The molecule has 26 heavy (non-hydrogen) atoms. The summed E-state index contributed by atoms with van der Waals surface area (Å²) in [6.45, 7) is 5.92. The molecule has 7 nitrogen and oxygen atoms in total. The summed E-state index contributed by atoms with van der Waals surface area (Å²) in [6, 6.07) is 12.0. The van der Waals surface area contributed by atoms with Gasteiger partial charge in [0.1, 0.15) is 5.75 Å². The molecule has 7 heteroatoms. The van der Waals surface area contributed by atoms with Crippen molar-refractivity contribution >= 4 is 11.6 Å². The number of guanidine groups is 1. The van der Waals surface area contributed by atoms with Gasteiger partial charge in [0.15, 0.2) is 17.4 Å². The first kappa shape index (κ1) is 17.7. The number of rotatable bonds is 6. The number of aliphatic imine (C=N–C) groups is 1. The molecule has 1 aromatic carbocycles. The molecule has 0 atom stereocenters. The van der Waals surface area contributed by atoms with Gasteiger partial charge in [0.05, 0.1) is 20.2 Å². The average Bonchev–Trinajstić information content (AvgIpc) is 3.08. The third-order valence-corrected chi connectivity index (χ3v) is 3.99. The first-order chi connectivity index (χ1) is 12.7. The van der Waals surface area contributed by atoms with Crippen LogP contribution in [0.1, 0.15) is 23.9 Å². The van der Waals surface area contributed by atoms with E-state index < -0.39 is 0 Å². The Morgan fingerprint density at radius 2 is 2.08 bits per heavy atom. The summed E-state index contributed by atoms with van der Waals surface area (Å²) >= 11 is 0. The molecule has 0 aliphatic rings. The summed E-state index contributed by atoms with van der Waals surface area (Å²) in [5, 5.41) is 15.0. The summed E-state index contributed by atoms with van der Waals surface area (Å²) in [5.41, 5.74) is 3.04. The zero-order valence-corrected chi connectivity index (χ0v) is 15.4. The summed E-state index contributed by atoms with van der Waals surface area (Å²) in [4.78, 5) is 4.66. The van der Waals surface area contributed by atoms with Gasteiger partial charge in [-0.25, -0.2) is 4.99 Å². The highest BCUT2D eigenvalue weighted by molar-refractivity contribution is 5.79. The van der Waals surface area contributed by atoms with E-state index in [0.717, 1.165) is 35.3 Å². The van der Waals surface area contributed by atoms with Crippen molar-refractivity contribution in [3.8, 4) is 5.75 Å². The minimum atomic E-state index is 0.527. The van der Waals surface area contributed by atoms with Crippen molar-refractivity contribution in [2.45, 2.75) is 26.9 Å². The lowest BCUT2D eigenvalue weighted by Crippen LogP contribution is -2.37. The minimum absolute atomic E-state index is 0.527. The summed E-state index contributed by atoms with van der Waals surface area (Å²) < 4.78 is 7.41. The van der Waals surface area contributed by atoms with Crippen molar-refractivity contribution in [1.82, 2.24) is 25.2 Å². The van der Waals surface area contributed by atoms with Gasteiger partial charge in [-0.05, 0) is 37.6 Å². The van der Waals surface area contributed by atoms with Crippen molar-refractivity contribution in [3.05, 3.63) is 59.5 Å². The highest BCUT2D eigenvalue weighted by atomic mass is 16.5. The maximum absolute atomic E-state index is 5.45. The molecule has 136 valence electrons. The molecule has 3 aromatic rings. The van der Waals surface area contributed by atoms with Crippen LogP contribution in [0.4, 0.5) is 0 Å². The van der Waals surface area contributed by atoms with Gasteiger partial charge < -0.3 is 15.4 Å². The van der Waals surface area contributed by atoms with Gasteiger partial charge in [-0.3, -0.25) is 4.40 Å². The standard InChI is InChI=1S/C19H24N6O/c1-4-20-19(21-12-15-9-8-14(2)11-16(15)26-3)22-13-18-24-23-17-7-5-6-10-25(17)18/h5-11H,4,12-13H2,1-3H3,(H2,20,21,22). The normalized spacial score (nSPS) is 11.6. The van der Waals surface area contributed by atoms with Crippen LogP contribution in [0.2, 0.25) is 0 Å². The number of hydrogen-bond donors (Lipinski definition) is 2. The van der Waals surface area contributed by atoms with E-state index in [4.69, 9.17) is 4.74 Å². The molecular weight excluding hydrogens is 328 g/mol. The summed E-state index contributed by atoms with van der Waals surface area (Å²) in [7, 11) is 1.68. The van der Waals surface area contributed by atoms with E-state index in [0.29, 0.717) is 13.1 Å². The fourth-order valence-corrected chi connectivity index (χ4v) is 2.66. The topological polar surface area (TPSA) is 75.8 Å². The third kappa shape index (κ3) is 4.11. The van der Waals surface area contributed by atoms with Crippen LogP contribution in [0.15, 0.2) is 47.6 Å². The van der Waals surface area contributed by atoms with Crippen molar-refractivity contribution in [1.29, 1.82) is 0 Å². The molecule has 2 N–H and O–H groups in total. The van der Waals surface area contributed by atoms with Gasteiger partial charge >= 0.3 is 0 Å². The molecule has 0 aliphatic carbocycles. The molecule has 0 saturated heterocycles. The van der Waals surface area contributed by atoms with Gasteiger partial charge in [-0.2, -0.15) is 0 Å². The second-order valence-electron chi connectivity index (χ2n) is 5.91. The molecule has 3 rings (SSSR count). The van der Waals surface area contributed by atoms with Crippen LogP contribution in [0.5, 0.6) is 5.75 Å². The van der Waals surface area contributed by atoms with E-state index in [1.807, 2.05) is 54.8 Å². The van der Waals surface area contributed by atoms with E-state index >= 15 is 0 Å². The Hall–Kier alpha value is -3.09. The maximum atomic E-state index is 5.45. The Kier molecular flexibility index (Phi) is 5.68. The number of benzene rings is 1. The van der Waals surface area contributed by atoms with Gasteiger partial charge in [0.25, 0.3) is 0 Å². The monoisotopic (exact) mass is 352 g/mol. The van der Waals surface area contributed by atoms with Crippen molar-refractivity contribution in [3.63, 3.8) is 0 Å². The number of nitrogens with one attached hydrogen (secondary N) is 2. The van der Waals surface area contributed by atoms with Crippen LogP contribution >= 0.6 is 0 Å². The first-order valence-corrected chi connectivity index (χ1v) is 8.65. The number of methoxy groups -OCH3 is 1. The summed E-state index contributed by atoms with van der Waals surface area (Å²) in [5.74, 6) is 2.41. The highest BCUT2D eigenvalue weighted by Crippen LogP contribution is 2.20. The Balaban J connectivity index is 1.71. The average molecular weight is 352 g/mol. The van der Waals surface area contributed by atoms with Crippen LogP contribution in [0, 0.1) is 6.92 Å². The Bertz CT molecular complexity index is 902. The lowest BCUT2D eigenvalue weighted by Gasteiger charge is -2.12. The van der Waals surface area contributed by atoms with Crippen molar-refractivity contribution < 1.29 is 4.74 Å². The second-order valence-corrected chi connectivity index (χ2v) is 5.91. The number of nitrogens with zero attached hydrogens (tertiary/aromatic N) is 4. The van der Waals surface area contributed by atoms with Crippen LogP contribution in [-0.2, 0) is 13.1 Å².